The molecule has 1 aliphatic rings. The summed E-state index contributed by atoms with van der Waals surface area (Å²) >= 11 is 5.89. The number of aromatic nitrogens is 2. The second kappa shape index (κ2) is 9.68. The van der Waals surface area contributed by atoms with Gasteiger partial charge >= 0.3 is 0 Å². The Labute approximate surface area is 209 Å². The van der Waals surface area contributed by atoms with Crippen molar-refractivity contribution in [1.29, 1.82) is 0 Å². The van der Waals surface area contributed by atoms with Crippen molar-refractivity contribution in [2.45, 2.75) is 12.1 Å². The molecule has 1 fully saturated rings. The highest BCUT2D eigenvalue weighted by molar-refractivity contribution is 7.80. The third-order valence-electron chi connectivity index (χ3n) is 6.18. The van der Waals surface area contributed by atoms with E-state index < -0.39 is 0 Å². The highest BCUT2D eigenvalue weighted by Gasteiger charge is 2.43. The predicted octanol–water partition coefficient (Wildman–Crippen LogP) is 5.08. The Bertz CT molecular complexity index is 1320. The lowest BCUT2D eigenvalue weighted by Crippen LogP contribution is -2.30. The highest BCUT2D eigenvalue weighted by atomic mass is 32.1. The summed E-state index contributed by atoms with van der Waals surface area (Å²) < 4.78 is 18.7. The molecule has 1 saturated heterocycles. The number of hydrogen-bond donors (Lipinski definition) is 1. The summed E-state index contributed by atoms with van der Waals surface area (Å²) in [7, 11) is 4.95. The molecule has 5 rings (SSSR count). The minimum absolute atomic E-state index is 0.178. The third-order valence-corrected chi connectivity index (χ3v) is 6.49. The van der Waals surface area contributed by atoms with Crippen LogP contribution in [0, 0.1) is 0 Å². The van der Waals surface area contributed by atoms with Crippen molar-refractivity contribution in [2.24, 2.45) is 0 Å². The zero-order valence-electron chi connectivity index (χ0n) is 19.7. The molecule has 2 unspecified atom stereocenters. The standard InChI is InChI=1S/C27H26N4O3S/c1-32-19-11-9-18(10-12-19)30-16-6-8-23(30)26-25(21-7-4-5-15-28-21)29-27(35)31(26)22-14-13-20(33-2)17-24(22)34-3/h4-17,25-26H,1-3H3,(H,29,35). The van der Waals surface area contributed by atoms with Gasteiger partial charge in [-0.05, 0) is 72.9 Å². The molecule has 0 radical (unpaired) electrons. The molecule has 1 N–H and O–H groups in total. The van der Waals surface area contributed by atoms with Gasteiger partial charge in [0.15, 0.2) is 5.11 Å². The Kier molecular flexibility index (Phi) is 6.29. The summed E-state index contributed by atoms with van der Waals surface area (Å²) in [6, 6.07) is 23.4. The van der Waals surface area contributed by atoms with Crippen molar-refractivity contribution >= 4 is 23.0 Å². The SMILES string of the molecule is COc1ccc(-n2cccc2C2C(c3ccccn3)NC(=S)N2c2ccc(OC)cc2OC)cc1. The fraction of sp³-hybridized carbons (Fsp3) is 0.185. The van der Waals surface area contributed by atoms with Crippen LogP contribution in [0.2, 0.25) is 0 Å². The summed E-state index contributed by atoms with van der Waals surface area (Å²) in [6.07, 6.45) is 3.85. The number of rotatable bonds is 7. The lowest BCUT2D eigenvalue weighted by atomic mass is 10.0. The van der Waals surface area contributed by atoms with E-state index in [1.54, 1.807) is 27.5 Å². The molecule has 35 heavy (non-hydrogen) atoms. The molecule has 2 aromatic carbocycles. The van der Waals surface area contributed by atoms with E-state index in [0.29, 0.717) is 16.6 Å². The first-order valence-corrected chi connectivity index (χ1v) is 11.6. The van der Waals surface area contributed by atoms with Crippen LogP contribution in [0.4, 0.5) is 5.69 Å². The van der Waals surface area contributed by atoms with Crippen molar-refractivity contribution in [2.75, 3.05) is 26.2 Å². The summed E-state index contributed by atoms with van der Waals surface area (Å²) in [4.78, 5) is 6.75. The van der Waals surface area contributed by atoms with Gasteiger partial charge in [0, 0.05) is 29.8 Å². The van der Waals surface area contributed by atoms with Crippen LogP contribution < -0.4 is 24.4 Å². The molecule has 0 bridgehead atoms. The number of methoxy groups -OCH3 is 3. The number of thiocarbonyl (C=S) groups is 1. The number of nitrogens with one attached hydrogen (secondary N) is 1. The molecule has 2 atom stereocenters. The van der Waals surface area contributed by atoms with Crippen LogP contribution in [0.15, 0.2) is 85.2 Å². The number of nitrogens with zero attached hydrogens (tertiary/aromatic N) is 3. The maximum atomic E-state index is 5.89. The van der Waals surface area contributed by atoms with Crippen LogP contribution in [-0.4, -0.2) is 36.0 Å². The molecule has 7 nitrogen and oxygen atoms in total. The van der Waals surface area contributed by atoms with Gasteiger partial charge in [-0.3, -0.25) is 4.98 Å². The molecule has 0 aliphatic carbocycles. The van der Waals surface area contributed by atoms with Crippen molar-refractivity contribution in [3.63, 3.8) is 0 Å². The van der Waals surface area contributed by atoms with Crippen LogP contribution in [0.25, 0.3) is 5.69 Å². The van der Waals surface area contributed by atoms with Gasteiger partial charge < -0.3 is 29.0 Å². The Morgan fingerprint density at radius 3 is 2.31 bits per heavy atom. The van der Waals surface area contributed by atoms with Crippen LogP contribution >= 0.6 is 12.2 Å². The molecule has 8 heteroatoms. The Morgan fingerprint density at radius 1 is 0.857 bits per heavy atom. The second-order valence-corrected chi connectivity index (χ2v) is 8.42. The molecule has 0 spiro atoms. The smallest absolute Gasteiger partial charge is 0.174 e. The maximum Gasteiger partial charge on any atom is 0.174 e. The van der Waals surface area contributed by atoms with E-state index in [4.69, 9.17) is 26.4 Å². The van der Waals surface area contributed by atoms with Crippen molar-refractivity contribution < 1.29 is 14.2 Å². The fourth-order valence-corrected chi connectivity index (χ4v) is 4.85. The van der Waals surface area contributed by atoms with Gasteiger partial charge in [0.25, 0.3) is 0 Å². The first-order valence-electron chi connectivity index (χ1n) is 11.2. The molecule has 1 aliphatic heterocycles. The number of benzene rings is 2. The first-order chi connectivity index (χ1) is 17.1. The average Bonchev–Trinajstić information content (AvgIpc) is 3.53. The van der Waals surface area contributed by atoms with Gasteiger partial charge in [0.2, 0.25) is 0 Å². The van der Waals surface area contributed by atoms with Crippen molar-refractivity contribution in [3.8, 4) is 22.9 Å². The normalized spacial score (nSPS) is 17.2. The molecule has 2 aromatic heterocycles. The lowest BCUT2D eigenvalue weighted by molar-refractivity contribution is 0.394. The molecular weight excluding hydrogens is 460 g/mol. The number of anilines is 1. The maximum absolute atomic E-state index is 5.89. The van der Waals surface area contributed by atoms with Gasteiger partial charge in [0.05, 0.1) is 38.8 Å². The van der Waals surface area contributed by atoms with E-state index in [0.717, 1.165) is 28.5 Å². The zero-order valence-corrected chi connectivity index (χ0v) is 20.5. The highest BCUT2D eigenvalue weighted by Crippen LogP contribution is 2.45. The number of hydrogen-bond acceptors (Lipinski definition) is 5. The van der Waals surface area contributed by atoms with Crippen molar-refractivity contribution in [3.05, 3.63) is 96.6 Å². The zero-order chi connectivity index (χ0) is 24.4. The van der Waals surface area contributed by atoms with E-state index >= 15 is 0 Å². The van der Waals surface area contributed by atoms with Crippen LogP contribution in [0.1, 0.15) is 23.5 Å². The Balaban J connectivity index is 1.66. The molecule has 3 heterocycles. The van der Waals surface area contributed by atoms with E-state index in [9.17, 15) is 0 Å². The molecule has 178 valence electrons. The first kappa shape index (κ1) is 22.7. The van der Waals surface area contributed by atoms with E-state index in [2.05, 4.69) is 32.0 Å². The topological polar surface area (TPSA) is 60.8 Å². The second-order valence-electron chi connectivity index (χ2n) is 8.04. The van der Waals surface area contributed by atoms with Gasteiger partial charge in [-0.15, -0.1) is 0 Å². The minimum atomic E-state index is -0.197. The number of pyridine rings is 1. The van der Waals surface area contributed by atoms with Gasteiger partial charge in [-0.25, -0.2) is 0 Å². The number of ether oxygens (including phenoxy) is 3. The summed E-state index contributed by atoms with van der Waals surface area (Å²) in [6.45, 7) is 0. The molecule has 0 amide bonds. The quantitative estimate of drug-likeness (QED) is 0.366. The van der Waals surface area contributed by atoms with Crippen molar-refractivity contribution in [1.82, 2.24) is 14.9 Å². The Hall–Kier alpha value is -4.04. The summed E-state index contributed by atoms with van der Waals surface area (Å²) in [5, 5.41) is 4.10. The van der Waals surface area contributed by atoms with E-state index in [1.807, 2.05) is 66.7 Å². The molecule has 0 saturated carbocycles. The van der Waals surface area contributed by atoms with Gasteiger partial charge in [0.1, 0.15) is 23.3 Å². The monoisotopic (exact) mass is 486 g/mol. The lowest BCUT2D eigenvalue weighted by Gasteiger charge is -2.30. The summed E-state index contributed by atoms with van der Waals surface area (Å²) in [5.41, 5.74) is 3.81. The van der Waals surface area contributed by atoms with Crippen LogP contribution in [0.5, 0.6) is 17.2 Å². The van der Waals surface area contributed by atoms with E-state index in [1.165, 1.54) is 0 Å². The predicted molar refractivity (Wildman–Crippen MR) is 140 cm³/mol. The third kappa shape index (κ3) is 4.17. The molecule has 4 aromatic rings. The van der Waals surface area contributed by atoms with Crippen LogP contribution in [0.3, 0.4) is 0 Å². The van der Waals surface area contributed by atoms with Crippen LogP contribution in [-0.2, 0) is 0 Å². The Morgan fingerprint density at radius 2 is 1.63 bits per heavy atom. The van der Waals surface area contributed by atoms with E-state index in [-0.39, 0.29) is 12.1 Å². The molecular formula is C27H26N4O3S. The summed E-state index contributed by atoms with van der Waals surface area (Å²) in [5.74, 6) is 2.19. The average molecular weight is 487 g/mol. The minimum Gasteiger partial charge on any atom is -0.497 e. The largest absolute Gasteiger partial charge is 0.497 e. The van der Waals surface area contributed by atoms with Gasteiger partial charge in [-0.2, -0.15) is 0 Å². The fourth-order valence-electron chi connectivity index (χ4n) is 4.51. The van der Waals surface area contributed by atoms with Gasteiger partial charge in [-0.1, -0.05) is 6.07 Å².